The fraction of sp³-hybridized carbons (Fsp3) is 0.400. The minimum Gasteiger partial charge on any atom is -0.377 e. The average molecular weight is 409 g/mol. The molecule has 4 heteroatoms. The van der Waals surface area contributed by atoms with Crippen molar-refractivity contribution in [2.75, 3.05) is 13.2 Å². The smallest absolute Gasteiger partial charge is 0.0703 e. The van der Waals surface area contributed by atoms with Gasteiger partial charge in [0.05, 0.1) is 6.10 Å². The molecular weight excluding hydrogens is 386 g/mol. The van der Waals surface area contributed by atoms with Gasteiger partial charge in [-0.05, 0) is 48.6 Å². The first-order valence-corrected chi connectivity index (χ1v) is 9.61. The number of ether oxygens (including phenoxy) is 1. The van der Waals surface area contributed by atoms with Crippen LogP contribution in [0.25, 0.3) is 0 Å². The summed E-state index contributed by atoms with van der Waals surface area (Å²) in [6.45, 7) is 5.65. The zero-order valence-corrected chi connectivity index (χ0v) is 16.3. The largest absolute Gasteiger partial charge is 0.377 e. The van der Waals surface area contributed by atoms with Crippen LogP contribution in [-0.2, 0) is 17.8 Å². The summed E-state index contributed by atoms with van der Waals surface area (Å²) in [7, 11) is 0. The van der Waals surface area contributed by atoms with Gasteiger partial charge in [0.15, 0.2) is 0 Å². The fourth-order valence-electron chi connectivity index (χ4n) is 3.15. The summed E-state index contributed by atoms with van der Waals surface area (Å²) < 4.78 is 7.02. The Kier molecular flexibility index (Phi) is 6.34. The van der Waals surface area contributed by atoms with Gasteiger partial charge in [0, 0.05) is 35.7 Å². The molecule has 0 N–H and O–H groups in total. The molecule has 24 heavy (non-hydrogen) atoms. The Morgan fingerprint density at radius 1 is 1.17 bits per heavy atom. The number of hydrogen-bond donors (Lipinski definition) is 0. The molecule has 0 bridgehead atoms. The van der Waals surface area contributed by atoms with Crippen molar-refractivity contribution in [3.05, 3.63) is 68.7 Å². The number of benzene rings is 2. The van der Waals surface area contributed by atoms with Crippen molar-refractivity contribution in [1.29, 1.82) is 0 Å². The highest BCUT2D eigenvalue weighted by Gasteiger charge is 2.20. The number of rotatable bonds is 6. The Bertz CT molecular complexity index is 685. The van der Waals surface area contributed by atoms with Gasteiger partial charge in [0.1, 0.15) is 0 Å². The fourth-order valence-corrected chi connectivity index (χ4v) is 3.96. The van der Waals surface area contributed by atoms with Crippen LogP contribution in [0.5, 0.6) is 0 Å². The van der Waals surface area contributed by atoms with Crippen molar-refractivity contribution in [1.82, 2.24) is 4.90 Å². The third-order valence-corrected chi connectivity index (χ3v) is 5.55. The van der Waals surface area contributed by atoms with E-state index in [1.54, 1.807) is 0 Å². The molecule has 1 fully saturated rings. The van der Waals surface area contributed by atoms with E-state index in [0.717, 1.165) is 37.7 Å². The Morgan fingerprint density at radius 3 is 2.67 bits per heavy atom. The third kappa shape index (κ3) is 4.82. The van der Waals surface area contributed by atoms with Crippen LogP contribution < -0.4 is 0 Å². The molecule has 2 aromatic rings. The molecule has 0 aromatic heterocycles. The van der Waals surface area contributed by atoms with Gasteiger partial charge in [-0.15, -0.1) is 0 Å². The van der Waals surface area contributed by atoms with Gasteiger partial charge < -0.3 is 4.74 Å². The Hall–Kier alpha value is -0.870. The van der Waals surface area contributed by atoms with Gasteiger partial charge in [-0.25, -0.2) is 0 Å². The Balaban J connectivity index is 1.77. The van der Waals surface area contributed by atoms with Gasteiger partial charge in [-0.2, -0.15) is 0 Å². The highest BCUT2D eigenvalue weighted by Crippen LogP contribution is 2.24. The molecule has 1 heterocycles. The van der Waals surface area contributed by atoms with Crippen LogP contribution in [0.3, 0.4) is 0 Å². The van der Waals surface area contributed by atoms with Crippen LogP contribution in [-0.4, -0.2) is 24.2 Å². The molecule has 2 aromatic carbocycles. The molecule has 0 saturated carbocycles. The summed E-state index contributed by atoms with van der Waals surface area (Å²) in [6.07, 6.45) is 2.64. The van der Waals surface area contributed by atoms with Crippen LogP contribution in [0.2, 0.25) is 5.02 Å². The lowest BCUT2D eigenvalue weighted by Gasteiger charge is -2.26. The zero-order chi connectivity index (χ0) is 16.9. The van der Waals surface area contributed by atoms with Gasteiger partial charge in [-0.1, -0.05) is 57.9 Å². The van der Waals surface area contributed by atoms with E-state index < -0.39 is 0 Å². The molecular formula is C20H23BrClNO. The summed E-state index contributed by atoms with van der Waals surface area (Å²) >= 11 is 10.1. The molecule has 1 atom stereocenters. The Morgan fingerprint density at radius 2 is 1.96 bits per heavy atom. The van der Waals surface area contributed by atoms with Crippen LogP contribution in [0.1, 0.15) is 29.5 Å². The van der Waals surface area contributed by atoms with E-state index in [1.807, 2.05) is 18.2 Å². The number of hydrogen-bond acceptors (Lipinski definition) is 2. The van der Waals surface area contributed by atoms with Crippen molar-refractivity contribution < 1.29 is 4.74 Å². The first kappa shape index (κ1) is 17.9. The van der Waals surface area contributed by atoms with Crippen LogP contribution in [0.4, 0.5) is 0 Å². The second-order valence-electron chi connectivity index (χ2n) is 6.49. The summed E-state index contributed by atoms with van der Waals surface area (Å²) in [6, 6.07) is 14.6. The van der Waals surface area contributed by atoms with Crippen molar-refractivity contribution in [3.8, 4) is 0 Å². The van der Waals surface area contributed by atoms with Gasteiger partial charge in [-0.3, -0.25) is 4.90 Å². The van der Waals surface area contributed by atoms with Crippen molar-refractivity contribution in [2.45, 2.75) is 39.0 Å². The van der Waals surface area contributed by atoms with Crippen molar-refractivity contribution in [2.24, 2.45) is 0 Å². The lowest BCUT2D eigenvalue weighted by Crippen LogP contribution is -2.31. The van der Waals surface area contributed by atoms with Crippen LogP contribution in [0, 0.1) is 6.92 Å². The predicted octanol–water partition coefficient (Wildman–Crippen LogP) is 5.59. The first-order chi connectivity index (χ1) is 11.6. The summed E-state index contributed by atoms with van der Waals surface area (Å²) in [5, 5.41) is 0.831. The molecule has 1 aliphatic rings. The minimum atomic E-state index is 0.330. The summed E-state index contributed by atoms with van der Waals surface area (Å²) in [5.74, 6) is 0. The number of halogens is 2. The highest BCUT2D eigenvalue weighted by atomic mass is 79.9. The molecule has 0 amide bonds. The van der Waals surface area contributed by atoms with E-state index in [-0.39, 0.29) is 0 Å². The van der Waals surface area contributed by atoms with E-state index >= 15 is 0 Å². The molecule has 1 aliphatic heterocycles. The SMILES string of the molecule is Cc1ccc(CN(Cc2ccccc2Cl)CC2CCCO2)c(Br)c1. The maximum Gasteiger partial charge on any atom is 0.0703 e. The predicted molar refractivity (Wildman–Crippen MR) is 103 cm³/mol. The second-order valence-corrected chi connectivity index (χ2v) is 7.75. The number of aryl methyl sites for hydroxylation is 1. The maximum atomic E-state index is 6.37. The molecule has 3 rings (SSSR count). The molecule has 0 spiro atoms. The summed E-state index contributed by atoms with van der Waals surface area (Å²) in [5.41, 5.74) is 3.73. The van der Waals surface area contributed by atoms with Crippen molar-refractivity contribution in [3.63, 3.8) is 0 Å². The van der Waals surface area contributed by atoms with E-state index in [2.05, 4.69) is 52.0 Å². The van der Waals surface area contributed by atoms with E-state index in [0.29, 0.717) is 6.10 Å². The lowest BCUT2D eigenvalue weighted by atomic mass is 10.1. The van der Waals surface area contributed by atoms with Crippen LogP contribution >= 0.6 is 27.5 Å². The van der Waals surface area contributed by atoms with Gasteiger partial charge in [0.25, 0.3) is 0 Å². The van der Waals surface area contributed by atoms with Gasteiger partial charge >= 0.3 is 0 Å². The zero-order valence-electron chi connectivity index (χ0n) is 14.0. The molecule has 0 radical (unpaired) electrons. The summed E-state index contributed by atoms with van der Waals surface area (Å²) in [4.78, 5) is 2.44. The average Bonchev–Trinajstić information content (AvgIpc) is 3.05. The molecule has 0 aliphatic carbocycles. The molecule has 128 valence electrons. The van der Waals surface area contributed by atoms with E-state index in [1.165, 1.54) is 27.6 Å². The molecule has 1 saturated heterocycles. The second kappa shape index (κ2) is 8.48. The number of nitrogens with zero attached hydrogens (tertiary/aromatic N) is 1. The lowest BCUT2D eigenvalue weighted by molar-refractivity contribution is 0.0678. The third-order valence-electron chi connectivity index (χ3n) is 4.44. The van der Waals surface area contributed by atoms with Gasteiger partial charge in [0.2, 0.25) is 0 Å². The Labute approximate surface area is 157 Å². The molecule has 1 unspecified atom stereocenters. The van der Waals surface area contributed by atoms with E-state index in [9.17, 15) is 0 Å². The highest BCUT2D eigenvalue weighted by molar-refractivity contribution is 9.10. The maximum absolute atomic E-state index is 6.37. The van der Waals surface area contributed by atoms with Crippen molar-refractivity contribution >= 4 is 27.5 Å². The first-order valence-electron chi connectivity index (χ1n) is 8.44. The van der Waals surface area contributed by atoms with E-state index in [4.69, 9.17) is 16.3 Å². The minimum absolute atomic E-state index is 0.330. The molecule has 2 nitrogen and oxygen atoms in total. The quantitative estimate of drug-likeness (QED) is 0.617. The topological polar surface area (TPSA) is 12.5 Å². The van der Waals surface area contributed by atoms with Crippen LogP contribution in [0.15, 0.2) is 46.9 Å². The standard InChI is InChI=1S/C20H23BrClNO/c1-15-8-9-16(19(21)11-15)12-23(14-18-6-4-10-24-18)13-17-5-2-3-7-20(17)22/h2-3,5,7-9,11,18H,4,6,10,12-14H2,1H3. The normalized spacial score (nSPS) is 17.6. The monoisotopic (exact) mass is 407 g/mol.